The number of nitrogens with zero attached hydrogens (tertiary/aromatic N) is 2. The Bertz CT molecular complexity index is 756. The number of nitrogens with one attached hydrogen (secondary N) is 1. The zero-order valence-corrected chi connectivity index (χ0v) is 12.9. The minimum absolute atomic E-state index is 0.0520. The molecule has 2 aromatic rings. The summed E-state index contributed by atoms with van der Waals surface area (Å²) in [6.45, 7) is 2.31. The second-order valence-corrected chi connectivity index (χ2v) is 5.68. The molecule has 1 aliphatic rings. The van der Waals surface area contributed by atoms with Gasteiger partial charge in [0.1, 0.15) is 5.75 Å². The van der Waals surface area contributed by atoms with Crippen LogP contribution in [0.5, 0.6) is 5.75 Å². The van der Waals surface area contributed by atoms with Gasteiger partial charge < -0.3 is 10.1 Å². The SMILES string of the molecule is C[C@@H]1C[C@@H](NC(=O)CCn2cnccc2=O)c2ccccc2O1. The third kappa shape index (κ3) is 3.59. The number of fused-ring (bicyclic) bond motifs is 1. The molecule has 1 aromatic carbocycles. The van der Waals surface area contributed by atoms with Gasteiger partial charge in [0.2, 0.25) is 5.91 Å². The quantitative estimate of drug-likeness (QED) is 0.932. The number of benzene rings is 1. The third-order valence-corrected chi connectivity index (χ3v) is 3.90. The number of hydrogen-bond donors (Lipinski definition) is 1. The summed E-state index contributed by atoms with van der Waals surface area (Å²) in [5.41, 5.74) is 0.843. The van der Waals surface area contributed by atoms with Gasteiger partial charge in [-0.05, 0) is 13.0 Å². The lowest BCUT2D eigenvalue weighted by atomic mass is 9.97. The minimum atomic E-state index is -0.155. The van der Waals surface area contributed by atoms with Gasteiger partial charge >= 0.3 is 0 Å². The number of ether oxygens (including phenoxy) is 1. The van der Waals surface area contributed by atoms with E-state index in [1.54, 1.807) is 0 Å². The molecule has 120 valence electrons. The molecule has 23 heavy (non-hydrogen) atoms. The summed E-state index contributed by atoms with van der Waals surface area (Å²) in [4.78, 5) is 27.7. The average Bonchev–Trinajstić information content (AvgIpc) is 2.54. The van der Waals surface area contributed by atoms with Crippen LogP contribution >= 0.6 is 0 Å². The molecule has 2 heterocycles. The van der Waals surface area contributed by atoms with Crippen molar-refractivity contribution in [2.75, 3.05) is 0 Å². The molecule has 0 saturated carbocycles. The van der Waals surface area contributed by atoms with Crippen molar-refractivity contribution in [1.29, 1.82) is 0 Å². The standard InChI is InChI=1S/C17H19N3O3/c1-12-10-14(13-4-2-3-5-15(13)23-12)19-16(21)7-9-20-11-18-8-6-17(20)22/h2-6,8,11-12,14H,7,9-10H2,1H3,(H,19,21)/t12-,14-/m1/s1. The molecule has 2 atom stereocenters. The first-order chi connectivity index (χ1) is 11.1. The number of para-hydroxylation sites is 1. The third-order valence-electron chi connectivity index (χ3n) is 3.90. The fourth-order valence-electron chi connectivity index (χ4n) is 2.77. The highest BCUT2D eigenvalue weighted by Gasteiger charge is 2.26. The van der Waals surface area contributed by atoms with E-state index in [4.69, 9.17) is 4.74 Å². The second kappa shape index (κ2) is 6.64. The van der Waals surface area contributed by atoms with E-state index in [1.165, 1.54) is 23.2 Å². The van der Waals surface area contributed by atoms with E-state index in [0.717, 1.165) is 17.7 Å². The van der Waals surface area contributed by atoms with Crippen LogP contribution in [0.3, 0.4) is 0 Å². The van der Waals surface area contributed by atoms with Crippen LogP contribution in [0.1, 0.15) is 31.4 Å². The Morgan fingerprint density at radius 2 is 2.22 bits per heavy atom. The second-order valence-electron chi connectivity index (χ2n) is 5.68. The van der Waals surface area contributed by atoms with E-state index < -0.39 is 0 Å². The number of carbonyl (C=O) groups is 1. The maximum absolute atomic E-state index is 12.2. The normalized spacial score (nSPS) is 19.5. The Morgan fingerprint density at radius 3 is 3.04 bits per heavy atom. The molecular formula is C17H19N3O3. The topological polar surface area (TPSA) is 73.2 Å². The van der Waals surface area contributed by atoms with Gasteiger partial charge in [-0.25, -0.2) is 4.98 Å². The Morgan fingerprint density at radius 1 is 1.39 bits per heavy atom. The zero-order valence-electron chi connectivity index (χ0n) is 12.9. The predicted molar refractivity (Wildman–Crippen MR) is 85.1 cm³/mol. The van der Waals surface area contributed by atoms with Gasteiger partial charge in [-0.1, -0.05) is 18.2 Å². The van der Waals surface area contributed by atoms with Gasteiger partial charge in [0.25, 0.3) is 5.56 Å². The first-order valence-corrected chi connectivity index (χ1v) is 7.69. The molecule has 0 bridgehead atoms. The van der Waals surface area contributed by atoms with Crippen molar-refractivity contribution >= 4 is 5.91 Å². The van der Waals surface area contributed by atoms with Gasteiger partial charge in [0.15, 0.2) is 0 Å². The van der Waals surface area contributed by atoms with Crippen LogP contribution in [-0.2, 0) is 11.3 Å². The molecule has 0 radical (unpaired) electrons. The predicted octanol–water partition coefficient (Wildman–Crippen LogP) is 1.66. The minimum Gasteiger partial charge on any atom is -0.490 e. The van der Waals surface area contributed by atoms with E-state index in [9.17, 15) is 9.59 Å². The van der Waals surface area contributed by atoms with Gasteiger partial charge in [-0.3, -0.25) is 14.2 Å². The maximum atomic E-state index is 12.2. The zero-order chi connectivity index (χ0) is 16.2. The lowest BCUT2D eigenvalue weighted by molar-refractivity contribution is -0.122. The fourth-order valence-corrected chi connectivity index (χ4v) is 2.77. The van der Waals surface area contributed by atoms with Crippen LogP contribution in [0.15, 0.2) is 47.7 Å². The summed E-state index contributed by atoms with van der Waals surface area (Å²) in [6, 6.07) is 9.07. The van der Waals surface area contributed by atoms with Crippen molar-refractivity contribution < 1.29 is 9.53 Å². The molecule has 0 aliphatic carbocycles. The number of carbonyl (C=O) groups excluding carboxylic acids is 1. The van der Waals surface area contributed by atoms with Gasteiger partial charge in [0, 0.05) is 37.2 Å². The van der Waals surface area contributed by atoms with E-state index in [-0.39, 0.29) is 30.0 Å². The molecule has 3 rings (SSSR count). The smallest absolute Gasteiger partial charge is 0.253 e. The summed E-state index contributed by atoms with van der Waals surface area (Å²) < 4.78 is 7.21. The summed E-state index contributed by atoms with van der Waals surface area (Å²) in [7, 11) is 0. The number of aromatic nitrogens is 2. The van der Waals surface area contributed by atoms with Crippen LogP contribution in [0.2, 0.25) is 0 Å². The van der Waals surface area contributed by atoms with E-state index >= 15 is 0 Å². The molecule has 0 spiro atoms. The highest BCUT2D eigenvalue weighted by Crippen LogP contribution is 2.34. The Hall–Kier alpha value is -2.63. The number of hydrogen-bond acceptors (Lipinski definition) is 4. The summed E-state index contributed by atoms with van der Waals surface area (Å²) in [5.74, 6) is 0.731. The monoisotopic (exact) mass is 313 g/mol. The van der Waals surface area contributed by atoms with Crippen molar-refractivity contribution in [2.24, 2.45) is 0 Å². The molecule has 6 nitrogen and oxygen atoms in total. The summed E-state index contributed by atoms with van der Waals surface area (Å²) in [5, 5.41) is 3.04. The van der Waals surface area contributed by atoms with Crippen LogP contribution < -0.4 is 15.6 Å². The highest BCUT2D eigenvalue weighted by atomic mass is 16.5. The van der Waals surface area contributed by atoms with Crippen molar-refractivity contribution in [3.05, 3.63) is 58.8 Å². The first kappa shape index (κ1) is 15.3. The molecule has 0 fully saturated rings. The Labute approximate surface area is 134 Å². The van der Waals surface area contributed by atoms with Crippen molar-refractivity contribution in [3.63, 3.8) is 0 Å². The lowest BCUT2D eigenvalue weighted by Gasteiger charge is -2.31. The number of rotatable bonds is 4. The lowest BCUT2D eigenvalue weighted by Crippen LogP contribution is -2.35. The largest absolute Gasteiger partial charge is 0.490 e. The van der Waals surface area contributed by atoms with E-state index in [2.05, 4.69) is 10.3 Å². The molecule has 6 heteroatoms. The van der Waals surface area contributed by atoms with Gasteiger partial charge in [-0.2, -0.15) is 0 Å². The summed E-state index contributed by atoms with van der Waals surface area (Å²) >= 11 is 0. The van der Waals surface area contributed by atoms with Crippen molar-refractivity contribution in [1.82, 2.24) is 14.9 Å². The van der Waals surface area contributed by atoms with Gasteiger partial charge in [-0.15, -0.1) is 0 Å². The van der Waals surface area contributed by atoms with Crippen LogP contribution in [-0.4, -0.2) is 21.6 Å². The number of aryl methyl sites for hydroxylation is 1. The Balaban J connectivity index is 1.64. The molecule has 1 amide bonds. The van der Waals surface area contributed by atoms with Gasteiger partial charge in [0.05, 0.1) is 18.5 Å². The van der Waals surface area contributed by atoms with Crippen LogP contribution in [0.4, 0.5) is 0 Å². The molecular weight excluding hydrogens is 294 g/mol. The molecule has 0 unspecified atom stereocenters. The Kier molecular flexibility index (Phi) is 4.41. The number of amides is 1. The van der Waals surface area contributed by atoms with Crippen molar-refractivity contribution in [3.8, 4) is 5.75 Å². The molecule has 0 saturated heterocycles. The molecule has 1 aromatic heterocycles. The fraction of sp³-hybridized carbons (Fsp3) is 0.353. The average molecular weight is 313 g/mol. The molecule has 1 aliphatic heterocycles. The van der Waals surface area contributed by atoms with Crippen molar-refractivity contribution in [2.45, 2.75) is 38.5 Å². The van der Waals surface area contributed by atoms with E-state index in [1.807, 2.05) is 31.2 Å². The highest BCUT2D eigenvalue weighted by molar-refractivity contribution is 5.76. The van der Waals surface area contributed by atoms with Crippen LogP contribution in [0.25, 0.3) is 0 Å². The summed E-state index contributed by atoms with van der Waals surface area (Å²) in [6.07, 6.45) is 3.91. The first-order valence-electron chi connectivity index (χ1n) is 7.69. The van der Waals surface area contributed by atoms with Crippen LogP contribution in [0, 0.1) is 0 Å². The molecule has 1 N–H and O–H groups in total. The van der Waals surface area contributed by atoms with E-state index in [0.29, 0.717) is 6.54 Å². The maximum Gasteiger partial charge on any atom is 0.253 e.